The molecule has 0 bridgehead atoms. The minimum atomic E-state index is -0.182. The molecule has 0 saturated carbocycles. The van der Waals surface area contributed by atoms with Crippen molar-refractivity contribution in [3.8, 4) is 0 Å². The molecule has 0 heterocycles. The van der Waals surface area contributed by atoms with Gasteiger partial charge < -0.3 is 10.1 Å². The molecular formula is C14H22FNO. The van der Waals surface area contributed by atoms with Gasteiger partial charge in [-0.25, -0.2) is 4.39 Å². The Bertz CT molecular complexity index is 321. The highest BCUT2D eigenvalue weighted by Gasteiger charge is 2.11. The molecule has 2 nitrogen and oxygen atoms in total. The van der Waals surface area contributed by atoms with Gasteiger partial charge in [0.15, 0.2) is 0 Å². The predicted octanol–water partition coefficient (Wildman–Crippen LogP) is 3.21. The number of halogens is 1. The Balaban J connectivity index is 2.73. The van der Waals surface area contributed by atoms with Crippen LogP contribution < -0.4 is 5.32 Å². The molecule has 1 aromatic carbocycles. The summed E-state index contributed by atoms with van der Waals surface area (Å²) in [4.78, 5) is 0. The van der Waals surface area contributed by atoms with E-state index in [1.165, 1.54) is 0 Å². The molecule has 0 fully saturated rings. The number of nitrogens with one attached hydrogen (secondary N) is 1. The summed E-state index contributed by atoms with van der Waals surface area (Å²) >= 11 is 0. The minimum absolute atomic E-state index is 0.0703. The first-order valence-electron chi connectivity index (χ1n) is 6.25. The molecule has 0 aliphatic carbocycles. The third-order valence-electron chi connectivity index (χ3n) is 2.55. The van der Waals surface area contributed by atoms with Crippen molar-refractivity contribution >= 4 is 0 Å². The van der Waals surface area contributed by atoms with Crippen molar-refractivity contribution in [3.63, 3.8) is 0 Å². The monoisotopic (exact) mass is 239 g/mol. The zero-order valence-corrected chi connectivity index (χ0v) is 10.9. The van der Waals surface area contributed by atoms with Crippen LogP contribution in [0.5, 0.6) is 0 Å². The lowest BCUT2D eigenvalue weighted by Gasteiger charge is -2.19. The summed E-state index contributed by atoms with van der Waals surface area (Å²) in [5.74, 6) is -0.182. The standard InChI is InChI=1S/C14H22FNO/c1-4-6-17-10-14(16-5-2)12-7-11(3)8-13(15)9-12/h7-9,14,16H,4-6,10H2,1-3H3. The Morgan fingerprint density at radius 2 is 2.06 bits per heavy atom. The number of hydrogen-bond acceptors (Lipinski definition) is 2. The van der Waals surface area contributed by atoms with Crippen molar-refractivity contribution in [1.82, 2.24) is 5.32 Å². The highest BCUT2D eigenvalue weighted by Crippen LogP contribution is 2.17. The topological polar surface area (TPSA) is 21.3 Å². The summed E-state index contributed by atoms with van der Waals surface area (Å²) in [6.45, 7) is 8.20. The number of benzene rings is 1. The van der Waals surface area contributed by atoms with E-state index in [0.29, 0.717) is 6.61 Å². The fourth-order valence-corrected chi connectivity index (χ4v) is 1.83. The van der Waals surface area contributed by atoms with Gasteiger partial charge in [0.05, 0.1) is 12.6 Å². The van der Waals surface area contributed by atoms with Crippen molar-refractivity contribution in [1.29, 1.82) is 0 Å². The average Bonchev–Trinajstić information content (AvgIpc) is 2.27. The fraction of sp³-hybridized carbons (Fsp3) is 0.571. The zero-order valence-electron chi connectivity index (χ0n) is 10.9. The van der Waals surface area contributed by atoms with Crippen LogP contribution in [-0.2, 0) is 4.74 Å². The van der Waals surface area contributed by atoms with E-state index in [4.69, 9.17) is 4.74 Å². The summed E-state index contributed by atoms with van der Waals surface area (Å²) in [5, 5.41) is 3.32. The van der Waals surface area contributed by atoms with Crippen LogP contribution in [-0.4, -0.2) is 19.8 Å². The van der Waals surface area contributed by atoms with Crippen LogP contribution in [0.15, 0.2) is 18.2 Å². The second-order valence-electron chi connectivity index (χ2n) is 4.25. The number of hydrogen-bond donors (Lipinski definition) is 1. The average molecular weight is 239 g/mol. The summed E-state index contributed by atoms with van der Waals surface area (Å²) in [6.07, 6.45) is 1.00. The maximum absolute atomic E-state index is 13.3. The van der Waals surface area contributed by atoms with Crippen molar-refractivity contribution in [3.05, 3.63) is 35.1 Å². The molecule has 0 amide bonds. The van der Waals surface area contributed by atoms with Gasteiger partial charge >= 0.3 is 0 Å². The van der Waals surface area contributed by atoms with Gasteiger partial charge in [0.1, 0.15) is 5.82 Å². The molecule has 0 spiro atoms. The molecule has 1 atom stereocenters. The number of ether oxygens (including phenoxy) is 1. The summed E-state index contributed by atoms with van der Waals surface area (Å²) in [7, 11) is 0. The molecule has 96 valence electrons. The lowest BCUT2D eigenvalue weighted by molar-refractivity contribution is 0.112. The first-order valence-corrected chi connectivity index (χ1v) is 6.25. The van der Waals surface area contributed by atoms with E-state index in [9.17, 15) is 4.39 Å². The van der Waals surface area contributed by atoms with Crippen LogP contribution >= 0.6 is 0 Å². The maximum Gasteiger partial charge on any atom is 0.123 e. The van der Waals surface area contributed by atoms with E-state index in [2.05, 4.69) is 12.2 Å². The number of aryl methyl sites for hydroxylation is 1. The van der Waals surface area contributed by atoms with Gasteiger partial charge in [-0.1, -0.05) is 19.9 Å². The number of likely N-dealkylation sites (N-methyl/N-ethyl adjacent to an activating group) is 1. The maximum atomic E-state index is 13.3. The van der Waals surface area contributed by atoms with Crippen molar-refractivity contribution in [2.24, 2.45) is 0 Å². The first-order chi connectivity index (χ1) is 8.17. The molecule has 1 N–H and O–H groups in total. The number of rotatable bonds is 7. The van der Waals surface area contributed by atoms with Crippen molar-refractivity contribution < 1.29 is 9.13 Å². The third kappa shape index (κ3) is 4.84. The Hall–Kier alpha value is -0.930. The minimum Gasteiger partial charge on any atom is -0.379 e. The van der Waals surface area contributed by atoms with E-state index in [0.717, 1.165) is 30.7 Å². The lowest BCUT2D eigenvalue weighted by atomic mass is 10.0. The van der Waals surface area contributed by atoms with E-state index >= 15 is 0 Å². The van der Waals surface area contributed by atoms with Gasteiger partial charge in [0, 0.05) is 6.61 Å². The molecule has 3 heteroatoms. The van der Waals surface area contributed by atoms with Crippen LogP contribution in [0.1, 0.15) is 37.4 Å². The lowest BCUT2D eigenvalue weighted by Crippen LogP contribution is -2.25. The molecule has 0 aliphatic rings. The van der Waals surface area contributed by atoms with Crippen LogP contribution in [0.4, 0.5) is 4.39 Å². The Morgan fingerprint density at radius 3 is 2.65 bits per heavy atom. The van der Waals surface area contributed by atoms with Gasteiger partial charge in [0.25, 0.3) is 0 Å². The van der Waals surface area contributed by atoms with Gasteiger partial charge in [-0.2, -0.15) is 0 Å². The highest BCUT2D eigenvalue weighted by molar-refractivity contribution is 5.26. The van der Waals surface area contributed by atoms with Crippen molar-refractivity contribution in [2.45, 2.75) is 33.2 Å². The normalized spacial score (nSPS) is 12.7. The van der Waals surface area contributed by atoms with Gasteiger partial charge in [-0.3, -0.25) is 0 Å². The van der Waals surface area contributed by atoms with Crippen LogP contribution in [0.25, 0.3) is 0 Å². The molecule has 1 aromatic rings. The second kappa shape index (κ2) is 7.41. The van der Waals surface area contributed by atoms with Crippen molar-refractivity contribution in [2.75, 3.05) is 19.8 Å². The van der Waals surface area contributed by atoms with E-state index in [1.54, 1.807) is 12.1 Å². The molecule has 0 saturated heterocycles. The zero-order chi connectivity index (χ0) is 12.7. The predicted molar refractivity (Wildman–Crippen MR) is 68.7 cm³/mol. The Morgan fingerprint density at radius 1 is 1.29 bits per heavy atom. The molecule has 0 aromatic heterocycles. The fourth-order valence-electron chi connectivity index (χ4n) is 1.83. The third-order valence-corrected chi connectivity index (χ3v) is 2.55. The van der Waals surface area contributed by atoms with E-state index < -0.39 is 0 Å². The van der Waals surface area contributed by atoms with Crippen LogP contribution in [0.3, 0.4) is 0 Å². The molecule has 1 unspecified atom stereocenters. The first kappa shape index (κ1) is 14.1. The quantitative estimate of drug-likeness (QED) is 0.738. The van der Waals surface area contributed by atoms with Gasteiger partial charge in [-0.15, -0.1) is 0 Å². The molecule has 0 aliphatic heterocycles. The SMILES string of the molecule is CCCOCC(NCC)c1cc(C)cc(F)c1. The van der Waals surface area contributed by atoms with E-state index in [1.807, 2.05) is 19.9 Å². The molecule has 1 rings (SSSR count). The summed E-state index contributed by atoms with van der Waals surface area (Å²) < 4.78 is 18.9. The molecule has 17 heavy (non-hydrogen) atoms. The summed E-state index contributed by atoms with van der Waals surface area (Å²) in [5.41, 5.74) is 1.90. The van der Waals surface area contributed by atoms with Gasteiger partial charge in [-0.05, 0) is 43.1 Å². The largest absolute Gasteiger partial charge is 0.379 e. The smallest absolute Gasteiger partial charge is 0.123 e. The second-order valence-corrected chi connectivity index (χ2v) is 4.25. The Kier molecular flexibility index (Phi) is 6.16. The van der Waals surface area contributed by atoms with Crippen LogP contribution in [0.2, 0.25) is 0 Å². The Labute approximate surface area is 103 Å². The molecular weight excluding hydrogens is 217 g/mol. The summed E-state index contributed by atoms with van der Waals surface area (Å²) in [6, 6.07) is 5.20. The van der Waals surface area contributed by atoms with Crippen LogP contribution in [0, 0.1) is 12.7 Å². The van der Waals surface area contributed by atoms with E-state index in [-0.39, 0.29) is 11.9 Å². The molecule has 0 radical (unpaired) electrons. The van der Waals surface area contributed by atoms with Gasteiger partial charge in [0.2, 0.25) is 0 Å². The highest BCUT2D eigenvalue weighted by atomic mass is 19.1.